The quantitative estimate of drug-likeness (QED) is 0.599. The summed E-state index contributed by atoms with van der Waals surface area (Å²) in [5.74, 6) is -2.63. The van der Waals surface area contributed by atoms with Crippen LogP contribution in [0.1, 0.15) is 19.3 Å². The van der Waals surface area contributed by atoms with Crippen molar-refractivity contribution in [3.05, 3.63) is 0 Å². The molecule has 2 fully saturated rings. The van der Waals surface area contributed by atoms with E-state index < -0.39 is 11.5 Å². The van der Waals surface area contributed by atoms with Gasteiger partial charge in [-0.05, 0) is 12.8 Å². The largest absolute Gasteiger partial charge is 0.367 e. The van der Waals surface area contributed by atoms with Crippen molar-refractivity contribution in [1.29, 1.82) is 0 Å². The third-order valence-corrected chi connectivity index (χ3v) is 2.80. The highest BCUT2D eigenvalue weighted by Gasteiger charge is 2.57. The summed E-state index contributed by atoms with van der Waals surface area (Å²) >= 11 is 0. The summed E-state index contributed by atoms with van der Waals surface area (Å²) in [6.07, 6.45) is 1.16. The highest BCUT2D eigenvalue weighted by Crippen LogP contribution is 2.43. The fraction of sp³-hybridized carbons (Fsp3) is 1.00. The van der Waals surface area contributed by atoms with Crippen LogP contribution < -0.4 is 5.32 Å². The Morgan fingerprint density at radius 1 is 1.25 bits per heavy atom. The molecule has 1 atom stereocenters. The van der Waals surface area contributed by atoms with Crippen LogP contribution in [0.25, 0.3) is 0 Å². The molecule has 1 spiro atoms. The smallest absolute Gasteiger partial charge is 0.278 e. The minimum atomic E-state index is -2.63. The molecule has 0 saturated carbocycles. The van der Waals surface area contributed by atoms with Crippen LogP contribution in [-0.2, 0) is 4.74 Å². The van der Waals surface area contributed by atoms with Gasteiger partial charge in [-0.1, -0.05) is 0 Å². The summed E-state index contributed by atoms with van der Waals surface area (Å²) < 4.78 is 32.0. The molecule has 0 radical (unpaired) electrons. The van der Waals surface area contributed by atoms with Crippen LogP contribution in [0.5, 0.6) is 0 Å². The predicted molar refractivity (Wildman–Crippen MR) is 40.4 cm³/mol. The van der Waals surface area contributed by atoms with Gasteiger partial charge >= 0.3 is 0 Å². The maximum absolute atomic E-state index is 13.4. The van der Waals surface area contributed by atoms with E-state index in [1.54, 1.807) is 0 Å². The number of halogens is 2. The number of alkyl halides is 2. The van der Waals surface area contributed by atoms with Crippen molar-refractivity contribution in [2.24, 2.45) is 0 Å². The molecule has 2 aliphatic heterocycles. The van der Waals surface area contributed by atoms with Crippen molar-refractivity contribution in [3.63, 3.8) is 0 Å². The minimum absolute atomic E-state index is 0.0903. The van der Waals surface area contributed by atoms with Gasteiger partial charge in [-0.3, -0.25) is 0 Å². The van der Waals surface area contributed by atoms with Crippen molar-refractivity contribution in [3.8, 4) is 0 Å². The molecule has 2 nitrogen and oxygen atoms in total. The molecule has 0 aromatic rings. The Bertz CT molecular complexity index is 178. The van der Waals surface area contributed by atoms with Crippen LogP contribution in [0.4, 0.5) is 8.78 Å². The third kappa shape index (κ3) is 1.05. The van der Waals surface area contributed by atoms with Crippen LogP contribution in [-0.4, -0.2) is 31.2 Å². The number of piperidine rings is 1. The number of nitrogens with one attached hydrogen (secondary N) is 1. The second-order valence-electron chi connectivity index (χ2n) is 3.58. The first-order valence-corrected chi connectivity index (χ1v) is 4.39. The van der Waals surface area contributed by atoms with E-state index in [2.05, 4.69) is 5.32 Å². The second-order valence-corrected chi connectivity index (χ2v) is 3.58. The zero-order valence-corrected chi connectivity index (χ0v) is 6.91. The lowest BCUT2D eigenvalue weighted by Crippen LogP contribution is -2.59. The van der Waals surface area contributed by atoms with Crippen molar-refractivity contribution >= 4 is 0 Å². The Kier molecular flexibility index (Phi) is 1.84. The zero-order valence-electron chi connectivity index (χ0n) is 6.91. The van der Waals surface area contributed by atoms with E-state index in [1.165, 1.54) is 0 Å². The summed E-state index contributed by atoms with van der Waals surface area (Å²) in [5, 5.41) is 2.97. The predicted octanol–water partition coefficient (Wildman–Crippen LogP) is 1.16. The lowest BCUT2D eigenvalue weighted by Gasteiger charge is -2.40. The lowest BCUT2D eigenvalue weighted by atomic mass is 9.87. The summed E-state index contributed by atoms with van der Waals surface area (Å²) in [7, 11) is 0. The van der Waals surface area contributed by atoms with Crippen LogP contribution in [0.3, 0.4) is 0 Å². The first-order chi connectivity index (χ1) is 5.66. The van der Waals surface area contributed by atoms with E-state index in [4.69, 9.17) is 4.74 Å². The molecule has 0 aliphatic carbocycles. The average Bonchev–Trinajstić information content (AvgIpc) is 2.46. The molecular formula is C8H13F2NO. The lowest BCUT2D eigenvalue weighted by molar-refractivity contribution is -0.199. The molecule has 0 aromatic heterocycles. The first kappa shape index (κ1) is 8.38. The van der Waals surface area contributed by atoms with Gasteiger partial charge in [-0.25, -0.2) is 8.78 Å². The fourth-order valence-electron chi connectivity index (χ4n) is 2.02. The van der Waals surface area contributed by atoms with E-state index in [-0.39, 0.29) is 6.42 Å². The Balaban J connectivity index is 2.19. The van der Waals surface area contributed by atoms with E-state index in [0.29, 0.717) is 26.1 Å². The molecule has 0 amide bonds. The molecule has 0 bridgehead atoms. The monoisotopic (exact) mass is 177 g/mol. The van der Waals surface area contributed by atoms with Gasteiger partial charge < -0.3 is 10.1 Å². The molecule has 0 aromatic carbocycles. The molecule has 12 heavy (non-hydrogen) atoms. The zero-order chi connectivity index (χ0) is 8.66. The van der Waals surface area contributed by atoms with E-state index in [1.807, 2.05) is 0 Å². The van der Waals surface area contributed by atoms with Crippen LogP contribution >= 0.6 is 0 Å². The number of hydrogen-bond donors (Lipinski definition) is 1. The Labute approximate surface area is 70.3 Å². The standard InChI is InChI=1S/C8H13F2NO/c9-8(10)3-4-11-6-7(8)2-1-5-12-7/h11H,1-6H2. The number of rotatable bonds is 0. The molecule has 2 saturated heterocycles. The first-order valence-electron chi connectivity index (χ1n) is 4.39. The molecule has 2 rings (SSSR count). The number of ether oxygens (including phenoxy) is 1. The maximum atomic E-state index is 13.4. The van der Waals surface area contributed by atoms with Crippen molar-refractivity contribution < 1.29 is 13.5 Å². The van der Waals surface area contributed by atoms with Crippen molar-refractivity contribution in [2.75, 3.05) is 19.7 Å². The van der Waals surface area contributed by atoms with Gasteiger partial charge in [-0.2, -0.15) is 0 Å². The SMILES string of the molecule is FC1(F)CCNCC12CCCO2. The highest BCUT2D eigenvalue weighted by molar-refractivity contribution is 5.02. The second kappa shape index (κ2) is 2.64. The summed E-state index contributed by atoms with van der Waals surface area (Å²) in [6.45, 7) is 1.19. The van der Waals surface area contributed by atoms with E-state index >= 15 is 0 Å². The normalized spacial score (nSPS) is 40.5. The van der Waals surface area contributed by atoms with E-state index in [0.717, 1.165) is 6.42 Å². The molecule has 70 valence electrons. The molecule has 4 heteroatoms. The van der Waals surface area contributed by atoms with Gasteiger partial charge in [0.05, 0.1) is 0 Å². The third-order valence-electron chi connectivity index (χ3n) is 2.80. The van der Waals surface area contributed by atoms with Gasteiger partial charge in [-0.15, -0.1) is 0 Å². The molecule has 2 heterocycles. The highest BCUT2D eigenvalue weighted by atomic mass is 19.3. The van der Waals surface area contributed by atoms with Gasteiger partial charge in [0, 0.05) is 26.1 Å². The van der Waals surface area contributed by atoms with Gasteiger partial charge in [0.15, 0.2) is 0 Å². The average molecular weight is 177 g/mol. The van der Waals surface area contributed by atoms with Crippen LogP contribution in [0.2, 0.25) is 0 Å². The topological polar surface area (TPSA) is 21.3 Å². The number of hydrogen-bond acceptors (Lipinski definition) is 2. The van der Waals surface area contributed by atoms with Gasteiger partial charge in [0.1, 0.15) is 5.60 Å². The van der Waals surface area contributed by atoms with Crippen molar-refractivity contribution in [2.45, 2.75) is 30.8 Å². The van der Waals surface area contributed by atoms with Crippen LogP contribution in [0, 0.1) is 0 Å². The fourth-order valence-corrected chi connectivity index (χ4v) is 2.02. The summed E-state index contributed by atoms with van der Waals surface area (Å²) in [4.78, 5) is 0. The van der Waals surface area contributed by atoms with Gasteiger partial charge in [0.2, 0.25) is 0 Å². The molecule has 2 aliphatic rings. The summed E-state index contributed by atoms with van der Waals surface area (Å²) in [5.41, 5.74) is -1.18. The maximum Gasteiger partial charge on any atom is 0.278 e. The Hall–Kier alpha value is -0.220. The van der Waals surface area contributed by atoms with E-state index in [9.17, 15) is 8.78 Å². The van der Waals surface area contributed by atoms with Gasteiger partial charge in [0.25, 0.3) is 5.92 Å². The van der Waals surface area contributed by atoms with Crippen molar-refractivity contribution in [1.82, 2.24) is 5.32 Å². The molecular weight excluding hydrogens is 164 g/mol. The minimum Gasteiger partial charge on any atom is -0.367 e. The van der Waals surface area contributed by atoms with Crippen LogP contribution in [0.15, 0.2) is 0 Å². The molecule has 1 unspecified atom stereocenters. The summed E-state index contributed by atoms with van der Waals surface area (Å²) in [6, 6.07) is 0. The Morgan fingerprint density at radius 2 is 2.08 bits per heavy atom. The Morgan fingerprint density at radius 3 is 2.67 bits per heavy atom. The molecule has 1 N–H and O–H groups in total.